The van der Waals surface area contributed by atoms with Gasteiger partial charge in [-0.1, -0.05) is 6.07 Å². The summed E-state index contributed by atoms with van der Waals surface area (Å²) in [6, 6.07) is 8.60. The molecule has 0 unspecified atom stereocenters. The van der Waals surface area contributed by atoms with Crippen LogP contribution in [0.25, 0.3) is 0 Å². The second-order valence-electron chi connectivity index (χ2n) is 6.87. The minimum Gasteiger partial charge on any atom is -0.492 e. The maximum atomic E-state index is 13.3. The van der Waals surface area contributed by atoms with E-state index in [2.05, 4.69) is 10.1 Å². The van der Waals surface area contributed by atoms with Crippen LogP contribution < -0.4 is 23.5 Å². The third-order valence-corrected chi connectivity index (χ3v) is 6.91. The Hall–Kier alpha value is -2.30. The molecule has 0 aromatic heterocycles. The molecular formula is C20H24ClF2N3O4S. The highest BCUT2D eigenvalue weighted by molar-refractivity contribution is 7.94. The fourth-order valence-electron chi connectivity index (χ4n) is 3.27. The molecule has 0 atom stereocenters. The molecule has 170 valence electrons. The number of benzene rings is 2. The Morgan fingerprint density at radius 2 is 1.84 bits per heavy atom. The first-order chi connectivity index (χ1) is 14.7. The van der Waals surface area contributed by atoms with Gasteiger partial charge >= 0.3 is 6.61 Å². The van der Waals surface area contributed by atoms with E-state index in [1.54, 1.807) is 13.0 Å². The van der Waals surface area contributed by atoms with Crippen LogP contribution in [-0.2, 0) is 10.0 Å². The quantitative estimate of drug-likeness (QED) is 0.586. The number of hydrogen-bond donors (Lipinski definition) is 1. The molecule has 1 heterocycles. The average Bonchev–Trinajstić information content (AvgIpc) is 2.75. The molecular weight excluding hydrogens is 452 g/mol. The van der Waals surface area contributed by atoms with Crippen molar-refractivity contribution in [2.75, 3.05) is 41.5 Å². The Labute approximate surface area is 185 Å². The minimum atomic E-state index is -4.28. The predicted octanol–water partition coefficient (Wildman–Crippen LogP) is 3.75. The van der Waals surface area contributed by atoms with Crippen molar-refractivity contribution in [2.45, 2.75) is 25.4 Å². The van der Waals surface area contributed by atoms with E-state index in [0.29, 0.717) is 40.5 Å². The van der Waals surface area contributed by atoms with Crippen molar-refractivity contribution in [1.29, 1.82) is 0 Å². The van der Waals surface area contributed by atoms with Crippen molar-refractivity contribution in [2.24, 2.45) is 0 Å². The molecule has 0 radical (unpaired) electrons. The lowest BCUT2D eigenvalue weighted by Gasteiger charge is -2.31. The standard InChI is InChI=1S/C20H24ClF2N3O4S/c1-3-29-18-7-5-15(13-16(18)25-10-8-24-9-11-25)31(27,28)26(21)17-12-14(2)4-6-19(17)30-20(22)23/h4-7,12-13,20,24H,3,8-11H2,1-2H3. The van der Waals surface area contributed by atoms with Crippen LogP contribution in [0.2, 0.25) is 0 Å². The molecule has 0 amide bonds. The van der Waals surface area contributed by atoms with Crippen LogP contribution in [0.1, 0.15) is 12.5 Å². The Balaban J connectivity index is 2.02. The summed E-state index contributed by atoms with van der Waals surface area (Å²) < 4.78 is 62.7. The summed E-state index contributed by atoms with van der Waals surface area (Å²) in [5.41, 5.74) is 1.06. The van der Waals surface area contributed by atoms with Gasteiger partial charge in [-0.3, -0.25) is 0 Å². The van der Waals surface area contributed by atoms with Crippen molar-refractivity contribution in [1.82, 2.24) is 5.32 Å². The summed E-state index contributed by atoms with van der Waals surface area (Å²) in [5, 5.41) is 3.24. The zero-order valence-corrected chi connectivity index (χ0v) is 18.7. The van der Waals surface area contributed by atoms with Gasteiger partial charge in [-0.25, -0.2) is 0 Å². The second-order valence-corrected chi connectivity index (χ2v) is 9.19. The van der Waals surface area contributed by atoms with Crippen LogP contribution in [-0.4, -0.2) is 47.8 Å². The molecule has 7 nitrogen and oxygen atoms in total. The van der Waals surface area contributed by atoms with Crippen LogP contribution in [0.4, 0.5) is 20.2 Å². The number of alkyl halides is 2. The maximum absolute atomic E-state index is 13.3. The number of nitrogens with zero attached hydrogens (tertiary/aromatic N) is 2. The number of rotatable bonds is 8. The lowest BCUT2D eigenvalue weighted by Crippen LogP contribution is -2.43. The van der Waals surface area contributed by atoms with Gasteiger partial charge in [-0.15, -0.1) is 0 Å². The highest BCUT2D eigenvalue weighted by atomic mass is 35.5. The Kier molecular flexibility index (Phi) is 7.45. The molecule has 1 saturated heterocycles. The van der Waals surface area contributed by atoms with Gasteiger partial charge in [0.25, 0.3) is 10.0 Å². The number of ether oxygens (including phenoxy) is 2. The molecule has 0 aliphatic carbocycles. The SMILES string of the molecule is CCOc1ccc(S(=O)(=O)N(Cl)c2cc(C)ccc2OC(F)F)cc1N1CCNCC1. The summed E-state index contributed by atoms with van der Waals surface area (Å²) in [5.74, 6) is 0.217. The Morgan fingerprint density at radius 3 is 2.48 bits per heavy atom. The zero-order valence-electron chi connectivity index (χ0n) is 17.1. The number of nitrogens with one attached hydrogen (secondary N) is 1. The topological polar surface area (TPSA) is 71.1 Å². The summed E-state index contributed by atoms with van der Waals surface area (Å²) in [6.07, 6.45) is 0. The molecule has 2 aromatic carbocycles. The lowest BCUT2D eigenvalue weighted by atomic mass is 10.2. The Morgan fingerprint density at radius 1 is 1.16 bits per heavy atom. The molecule has 2 aromatic rings. The molecule has 3 rings (SSSR count). The molecule has 31 heavy (non-hydrogen) atoms. The summed E-state index contributed by atoms with van der Waals surface area (Å²) in [7, 11) is -4.28. The van der Waals surface area contributed by atoms with Crippen LogP contribution in [0.15, 0.2) is 41.3 Å². The van der Waals surface area contributed by atoms with Crippen molar-refractivity contribution in [3.63, 3.8) is 0 Å². The summed E-state index contributed by atoms with van der Waals surface area (Å²) >= 11 is 6.20. The van der Waals surface area contributed by atoms with Gasteiger partial charge in [-0.2, -0.15) is 21.0 Å². The van der Waals surface area contributed by atoms with E-state index in [1.807, 2.05) is 11.8 Å². The van der Waals surface area contributed by atoms with Gasteiger partial charge in [0.1, 0.15) is 11.4 Å². The van der Waals surface area contributed by atoms with Crippen LogP contribution in [0.3, 0.4) is 0 Å². The second kappa shape index (κ2) is 9.88. The molecule has 1 fully saturated rings. The largest absolute Gasteiger partial charge is 0.492 e. The smallest absolute Gasteiger partial charge is 0.387 e. The number of halogens is 3. The minimum absolute atomic E-state index is 0.0935. The first-order valence-corrected chi connectivity index (χ1v) is 11.5. The van der Waals surface area contributed by atoms with E-state index in [9.17, 15) is 17.2 Å². The molecule has 0 saturated carbocycles. The number of hydrogen-bond acceptors (Lipinski definition) is 6. The van der Waals surface area contributed by atoms with E-state index >= 15 is 0 Å². The van der Waals surface area contributed by atoms with Gasteiger partial charge in [0.15, 0.2) is 5.75 Å². The lowest BCUT2D eigenvalue weighted by molar-refractivity contribution is -0.0494. The van der Waals surface area contributed by atoms with Gasteiger partial charge in [0, 0.05) is 38.0 Å². The average molecular weight is 476 g/mol. The van der Waals surface area contributed by atoms with Crippen molar-refractivity contribution >= 4 is 33.2 Å². The monoisotopic (exact) mass is 475 g/mol. The van der Waals surface area contributed by atoms with Crippen LogP contribution in [0.5, 0.6) is 11.5 Å². The van der Waals surface area contributed by atoms with E-state index in [1.165, 1.54) is 30.3 Å². The van der Waals surface area contributed by atoms with E-state index in [4.69, 9.17) is 16.5 Å². The summed E-state index contributed by atoms with van der Waals surface area (Å²) in [6.45, 7) is 3.69. The number of aryl methyl sites for hydroxylation is 1. The number of sulfonamides is 1. The van der Waals surface area contributed by atoms with Crippen molar-refractivity contribution in [3.8, 4) is 11.5 Å². The normalized spacial score (nSPS) is 14.6. The van der Waals surface area contributed by atoms with Crippen LogP contribution >= 0.6 is 11.8 Å². The first-order valence-electron chi connectivity index (χ1n) is 9.73. The van der Waals surface area contributed by atoms with Gasteiger partial charge in [0.05, 0.1) is 17.2 Å². The van der Waals surface area contributed by atoms with Crippen molar-refractivity contribution < 1.29 is 26.7 Å². The molecule has 0 spiro atoms. The molecule has 11 heteroatoms. The predicted molar refractivity (Wildman–Crippen MR) is 116 cm³/mol. The highest BCUT2D eigenvalue weighted by Gasteiger charge is 2.29. The number of anilines is 2. The fraction of sp³-hybridized carbons (Fsp3) is 0.400. The Bertz CT molecular complexity index is 1020. The number of piperazine rings is 1. The van der Waals surface area contributed by atoms with Gasteiger partial charge in [0.2, 0.25) is 0 Å². The first kappa shape index (κ1) is 23.4. The third kappa shape index (κ3) is 5.31. The van der Waals surface area contributed by atoms with Crippen LogP contribution in [0, 0.1) is 6.92 Å². The van der Waals surface area contributed by atoms with E-state index < -0.39 is 16.6 Å². The molecule has 1 N–H and O–H groups in total. The summed E-state index contributed by atoms with van der Waals surface area (Å²) in [4.78, 5) is 1.93. The zero-order chi connectivity index (χ0) is 22.6. The maximum Gasteiger partial charge on any atom is 0.387 e. The van der Waals surface area contributed by atoms with E-state index in [0.717, 1.165) is 13.1 Å². The molecule has 1 aliphatic rings. The molecule has 1 aliphatic heterocycles. The van der Waals surface area contributed by atoms with Gasteiger partial charge in [-0.05, 0) is 49.7 Å². The fourth-order valence-corrected chi connectivity index (χ4v) is 4.73. The molecule has 0 bridgehead atoms. The van der Waals surface area contributed by atoms with Gasteiger partial charge < -0.3 is 19.7 Å². The highest BCUT2D eigenvalue weighted by Crippen LogP contribution is 2.38. The third-order valence-electron chi connectivity index (χ3n) is 4.72. The van der Waals surface area contributed by atoms with Crippen molar-refractivity contribution in [3.05, 3.63) is 42.0 Å². The van der Waals surface area contributed by atoms with E-state index in [-0.39, 0.29) is 16.3 Å².